The number of hydrogen-bond acceptors (Lipinski definition) is 6. The minimum Gasteiger partial charge on any atom is -0.481 e. The molecule has 0 aliphatic heterocycles. The van der Waals surface area contributed by atoms with Crippen molar-refractivity contribution in [2.45, 2.75) is 39.5 Å². The van der Waals surface area contributed by atoms with Crippen LogP contribution < -0.4 is 10.6 Å². The van der Waals surface area contributed by atoms with E-state index < -0.39 is 14.6 Å². The second kappa shape index (κ2) is 15.1. The predicted octanol–water partition coefficient (Wildman–Crippen LogP) is 4.99. The van der Waals surface area contributed by atoms with Crippen molar-refractivity contribution in [2.24, 2.45) is 0 Å². The fraction of sp³-hybridized carbons (Fsp3) is 0.375. The van der Waals surface area contributed by atoms with E-state index in [1.54, 1.807) is 36.4 Å². The van der Waals surface area contributed by atoms with Gasteiger partial charge in [-0.15, -0.1) is 0 Å². The molecule has 0 fully saturated rings. The molecule has 2 amide bonds. The Labute approximate surface area is 200 Å². The lowest BCUT2D eigenvalue weighted by molar-refractivity contribution is -0.137. The molecule has 0 spiro atoms. The van der Waals surface area contributed by atoms with Crippen LogP contribution in [0, 0.1) is 0 Å². The quantitative estimate of drug-likeness (QED) is 0.301. The Hall–Kier alpha value is -2.84. The summed E-state index contributed by atoms with van der Waals surface area (Å²) in [4.78, 5) is 35.5. The van der Waals surface area contributed by atoms with E-state index in [0.29, 0.717) is 43.2 Å². The van der Waals surface area contributed by atoms with E-state index in [9.17, 15) is 14.4 Å². The van der Waals surface area contributed by atoms with Gasteiger partial charge in [-0.1, -0.05) is 24.3 Å². The lowest BCUT2D eigenvalue weighted by atomic mass is 10.1. The van der Waals surface area contributed by atoms with Gasteiger partial charge in [0.05, 0.1) is 31.1 Å². The van der Waals surface area contributed by atoms with E-state index in [-0.39, 0.29) is 31.1 Å². The maximum absolute atomic E-state index is 12.8. The topological polar surface area (TPSA) is 123 Å². The number of carboxylic acids is 1. The van der Waals surface area contributed by atoms with Crippen LogP contribution in [0.4, 0.5) is 11.4 Å². The predicted molar refractivity (Wildman–Crippen MR) is 131 cm³/mol. The van der Waals surface area contributed by atoms with Crippen LogP contribution in [0.25, 0.3) is 0 Å². The summed E-state index contributed by atoms with van der Waals surface area (Å²) in [6.45, 7) is 5.28. The van der Waals surface area contributed by atoms with Crippen molar-refractivity contribution in [1.82, 2.24) is 0 Å². The maximum atomic E-state index is 12.8. The van der Waals surface area contributed by atoms with E-state index >= 15 is 0 Å². The number of carboxylic acid groups (broad SMARTS) is 1. The molecule has 34 heavy (non-hydrogen) atoms. The minimum absolute atomic E-state index is 0.0600. The van der Waals surface area contributed by atoms with Crippen molar-refractivity contribution in [3.63, 3.8) is 0 Å². The van der Waals surface area contributed by atoms with E-state index in [1.165, 1.54) is 0 Å². The number of hydrogen-bond donors (Lipinski definition) is 3. The summed E-state index contributed by atoms with van der Waals surface area (Å²) in [6.07, 6.45) is 0.873. The highest BCUT2D eigenvalue weighted by Crippen LogP contribution is 2.39. The average Bonchev–Trinajstić information content (AvgIpc) is 2.80. The molecule has 184 valence electrons. The number of nitrogens with one attached hydrogen (secondary N) is 2. The summed E-state index contributed by atoms with van der Waals surface area (Å²) in [7, 11) is -1.33. The van der Waals surface area contributed by atoms with Crippen LogP contribution >= 0.6 is 8.60 Å². The molecule has 3 N–H and O–H groups in total. The van der Waals surface area contributed by atoms with Crippen molar-refractivity contribution in [3.8, 4) is 0 Å². The van der Waals surface area contributed by atoms with E-state index in [4.69, 9.17) is 18.7 Å². The van der Waals surface area contributed by atoms with Crippen molar-refractivity contribution in [1.29, 1.82) is 0 Å². The molecule has 0 bridgehead atoms. The number of aliphatic carboxylic acids is 1. The average molecular weight is 490 g/mol. The molecule has 2 aromatic rings. The number of para-hydroxylation sites is 1. The summed E-state index contributed by atoms with van der Waals surface area (Å²) in [5.41, 5.74) is 2.33. The van der Waals surface area contributed by atoms with E-state index in [0.717, 1.165) is 5.56 Å². The monoisotopic (exact) mass is 490 g/mol. The van der Waals surface area contributed by atoms with Gasteiger partial charge in [-0.25, -0.2) is 0 Å². The number of rotatable bonds is 15. The zero-order chi connectivity index (χ0) is 24.8. The first-order valence-electron chi connectivity index (χ1n) is 11.1. The van der Waals surface area contributed by atoms with Gasteiger partial charge in [-0.3, -0.25) is 14.4 Å². The molecule has 0 atom stereocenters. The summed E-state index contributed by atoms with van der Waals surface area (Å²) < 4.78 is 16.5. The van der Waals surface area contributed by atoms with Gasteiger partial charge in [0.1, 0.15) is 0 Å². The second-order valence-electron chi connectivity index (χ2n) is 7.13. The first-order chi connectivity index (χ1) is 16.4. The summed E-state index contributed by atoms with van der Waals surface area (Å²) in [5, 5.41) is 14.2. The van der Waals surface area contributed by atoms with Crippen LogP contribution in [0.5, 0.6) is 0 Å². The summed E-state index contributed by atoms with van der Waals surface area (Å²) in [5.74, 6) is -1.66. The fourth-order valence-corrected chi connectivity index (χ4v) is 3.80. The molecule has 10 heteroatoms. The van der Waals surface area contributed by atoms with Gasteiger partial charge < -0.3 is 29.3 Å². The molecule has 0 unspecified atom stereocenters. The highest BCUT2D eigenvalue weighted by Gasteiger charge is 2.14. The molecule has 2 rings (SSSR count). The Balaban J connectivity index is 1.90. The van der Waals surface area contributed by atoms with E-state index in [2.05, 4.69) is 10.6 Å². The molecular formula is C24H31N2O7P. The van der Waals surface area contributed by atoms with Gasteiger partial charge in [-0.2, -0.15) is 0 Å². The van der Waals surface area contributed by atoms with Gasteiger partial charge in [-0.05, 0) is 56.5 Å². The van der Waals surface area contributed by atoms with Gasteiger partial charge in [0.25, 0.3) is 5.91 Å². The Morgan fingerprint density at radius 3 is 2.21 bits per heavy atom. The summed E-state index contributed by atoms with van der Waals surface area (Å²) >= 11 is 0. The Bertz CT molecular complexity index is 931. The van der Waals surface area contributed by atoms with Crippen molar-refractivity contribution >= 4 is 37.8 Å². The molecule has 0 aliphatic rings. The molecule has 9 nitrogen and oxygen atoms in total. The molecule has 0 aromatic heterocycles. The number of anilines is 2. The SMILES string of the molecule is CCOP(OCC)OCCc1ccc(NC(=O)c2ccccc2NC(=O)CCCC(=O)O)cc1. The first-order valence-corrected chi connectivity index (χ1v) is 12.2. The molecule has 0 heterocycles. The van der Waals surface area contributed by atoms with Crippen LogP contribution in [0.15, 0.2) is 48.5 Å². The molecule has 0 saturated carbocycles. The zero-order valence-electron chi connectivity index (χ0n) is 19.4. The number of amides is 2. The van der Waals surface area contributed by atoms with Crippen LogP contribution in [0.2, 0.25) is 0 Å². The maximum Gasteiger partial charge on any atom is 0.332 e. The van der Waals surface area contributed by atoms with Crippen LogP contribution in [0.1, 0.15) is 49.0 Å². The van der Waals surface area contributed by atoms with Crippen LogP contribution in [0.3, 0.4) is 0 Å². The van der Waals surface area contributed by atoms with Crippen molar-refractivity contribution in [3.05, 3.63) is 59.7 Å². The van der Waals surface area contributed by atoms with Gasteiger partial charge in [0, 0.05) is 18.5 Å². The molecular weight excluding hydrogens is 459 g/mol. The zero-order valence-corrected chi connectivity index (χ0v) is 20.3. The minimum atomic E-state index is -1.33. The lowest BCUT2D eigenvalue weighted by Crippen LogP contribution is -2.18. The first kappa shape index (κ1) is 27.4. The van der Waals surface area contributed by atoms with Gasteiger partial charge in [0.15, 0.2) is 0 Å². The molecule has 0 radical (unpaired) electrons. The van der Waals surface area contributed by atoms with Crippen molar-refractivity contribution in [2.75, 3.05) is 30.5 Å². The van der Waals surface area contributed by atoms with Crippen LogP contribution in [-0.4, -0.2) is 42.7 Å². The van der Waals surface area contributed by atoms with Crippen LogP contribution in [-0.2, 0) is 29.6 Å². The third-order valence-corrected chi connectivity index (χ3v) is 5.84. The number of benzene rings is 2. The molecule has 2 aromatic carbocycles. The Morgan fingerprint density at radius 2 is 1.56 bits per heavy atom. The third kappa shape index (κ3) is 9.97. The standard InChI is InChI=1S/C24H31N2O7P/c1-3-31-34(32-4-2)33-17-16-18-12-14-19(15-13-18)25-24(30)20-8-5-6-9-21(20)26-22(27)10-7-11-23(28)29/h5-6,8-9,12-15H,3-4,7,10-11,16-17H2,1-2H3,(H,25,30)(H,26,27)(H,28,29). The van der Waals surface area contributed by atoms with Crippen molar-refractivity contribution < 1.29 is 33.1 Å². The fourth-order valence-electron chi connectivity index (χ4n) is 2.92. The van der Waals surface area contributed by atoms with Gasteiger partial charge in [0.2, 0.25) is 5.91 Å². The normalized spacial score (nSPS) is 10.8. The van der Waals surface area contributed by atoms with E-state index in [1.807, 2.05) is 26.0 Å². The Kier molecular flexibility index (Phi) is 12.2. The number of carbonyl (C=O) groups excluding carboxylic acids is 2. The smallest absolute Gasteiger partial charge is 0.332 e. The molecule has 0 aliphatic carbocycles. The van der Waals surface area contributed by atoms with Gasteiger partial charge >= 0.3 is 14.6 Å². The highest BCUT2D eigenvalue weighted by molar-refractivity contribution is 7.41. The second-order valence-corrected chi connectivity index (χ2v) is 8.36. The third-order valence-electron chi connectivity index (χ3n) is 4.51. The highest BCUT2D eigenvalue weighted by atomic mass is 31.2. The number of carbonyl (C=O) groups is 3. The summed E-state index contributed by atoms with van der Waals surface area (Å²) in [6, 6.07) is 14.1. The Morgan fingerprint density at radius 1 is 0.882 bits per heavy atom. The molecule has 0 saturated heterocycles. The lowest BCUT2D eigenvalue weighted by Gasteiger charge is -2.15. The largest absolute Gasteiger partial charge is 0.481 e.